The molecule has 6 nitrogen and oxygen atoms in total. The largest absolute Gasteiger partial charge is 0.481 e. The van der Waals surface area contributed by atoms with Crippen LogP contribution in [0.3, 0.4) is 0 Å². The van der Waals surface area contributed by atoms with Crippen molar-refractivity contribution in [3.8, 4) is 0 Å². The third-order valence-corrected chi connectivity index (χ3v) is 6.48. The Morgan fingerprint density at radius 1 is 0.968 bits per heavy atom. The second kappa shape index (κ2) is 9.52. The Hall–Kier alpha value is -2.86. The molecule has 3 saturated heterocycles. The van der Waals surface area contributed by atoms with Crippen LogP contribution in [0.1, 0.15) is 42.5 Å². The van der Waals surface area contributed by atoms with Gasteiger partial charge in [0.2, 0.25) is 0 Å². The minimum Gasteiger partial charge on any atom is -0.481 e. The second-order valence-corrected chi connectivity index (χ2v) is 8.53. The van der Waals surface area contributed by atoms with Crippen molar-refractivity contribution >= 4 is 12.1 Å². The molecule has 2 aromatic carbocycles. The van der Waals surface area contributed by atoms with E-state index in [0.717, 1.165) is 51.4 Å². The standard InChI is InChI=1S/C23H26N2O2.C2H4O2/c26-23(27-21-16-24-13-10-18(21)11-14-24)25-15-12-17-6-4-5-9-20(17)22(25)19-7-2-1-3-8-19;1-2(3)4/h1-9,18,21-22H,10-16H2;1H3,(H,3,4)/t21-,22-;/m0./s1. The van der Waals surface area contributed by atoms with E-state index in [0.29, 0.717) is 12.5 Å². The third-order valence-electron chi connectivity index (χ3n) is 6.48. The number of hydrogen-bond donors (Lipinski definition) is 1. The molecule has 6 heteroatoms. The maximum Gasteiger partial charge on any atom is 0.410 e. The molecule has 3 fully saturated rings. The molecule has 1 amide bonds. The van der Waals surface area contributed by atoms with Crippen molar-refractivity contribution in [2.45, 2.75) is 38.3 Å². The van der Waals surface area contributed by atoms with Gasteiger partial charge < -0.3 is 9.84 Å². The molecule has 0 aromatic heterocycles. The molecule has 2 aromatic rings. The van der Waals surface area contributed by atoms with Crippen LogP contribution in [0.25, 0.3) is 0 Å². The van der Waals surface area contributed by atoms with Gasteiger partial charge in [-0.3, -0.25) is 14.6 Å². The summed E-state index contributed by atoms with van der Waals surface area (Å²) < 4.78 is 6.08. The molecule has 2 atom stereocenters. The van der Waals surface area contributed by atoms with Gasteiger partial charge in [-0.25, -0.2) is 4.79 Å². The summed E-state index contributed by atoms with van der Waals surface area (Å²) in [7, 11) is 0. The molecule has 4 heterocycles. The van der Waals surface area contributed by atoms with E-state index in [1.165, 1.54) is 11.1 Å². The first-order valence-corrected chi connectivity index (χ1v) is 11.0. The summed E-state index contributed by atoms with van der Waals surface area (Å²) in [4.78, 5) is 26.6. The number of carbonyl (C=O) groups excluding carboxylic acids is 1. The summed E-state index contributed by atoms with van der Waals surface area (Å²) in [5.74, 6) is -0.300. The summed E-state index contributed by atoms with van der Waals surface area (Å²) in [6.07, 6.45) is 3.09. The van der Waals surface area contributed by atoms with Gasteiger partial charge in [-0.1, -0.05) is 54.6 Å². The van der Waals surface area contributed by atoms with Crippen LogP contribution in [0, 0.1) is 5.92 Å². The van der Waals surface area contributed by atoms with Crippen molar-refractivity contribution in [3.05, 3.63) is 71.3 Å². The number of carbonyl (C=O) groups is 2. The molecular weight excluding hydrogens is 392 g/mol. The summed E-state index contributed by atoms with van der Waals surface area (Å²) in [6, 6.07) is 18.8. The Labute approximate surface area is 183 Å². The molecule has 6 rings (SSSR count). The molecular formula is C25H30N2O4. The van der Waals surface area contributed by atoms with E-state index in [4.69, 9.17) is 14.6 Å². The van der Waals surface area contributed by atoms with Gasteiger partial charge in [0.1, 0.15) is 6.10 Å². The lowest BCUT2D eigenvalue weighted by molar-refractivity contribution is -0.134. The number of rotatable bonds is 2. The fourth-order valence-corrected chi connectivity index (χ4v) is 5.00. The van der Waals surface area contributed by atoms with Gasteiger partial charge >= 0.3 is 6.09 Å². The summed E-state index contributed by atoms with van der Waals surface area (Å²) in [5.41, 5.74) is 3.70. The highest BCUT2D eigenvalue weighted by atomic mass is 16.6. The van der Waals surface area contributed by atoms with Gasteiger partial charge in [0.05, 0.1) is 6.04 Å². The lowest BCUT2D eigenvalue weighted by atomic mass is 9.86. The normalized spacial score (nSPS) is 26.3. The molecule has 31 heavy (non-hydrogen) atoms. The van der Waals surface area contributed by atoms with E-state index in [2.05, 4.69) is 41.3 Å². The molecule has 0 aliphatic carbocycles. The minimum absolute atomic E-state index is 0.0496. The van der Waals surface area contributed by atoms with Gasteiger partial charge in [0, 0.05) is 20.0 Å². The molecule has 1 N–H and O–H groups in total. The molecule has 0 radical (unpaired) electrons. The summed E-state index contributed by atoms with van der Waals surface area (Å²) in [6.45, 7) is 5.00. The average molecular weight is 423 g/mol. The fraction of sp³-hybridized carbons (Fsp3) is 0.440. The first-order valence-electron chi connectivity index (χ1n) is 11.0. The number of hydrogen-bond acceptors (Lipinski definition) is 4. The predicted octanol–water partition coefficient (Wildman–Crippen LogP) is 3.96. The van der Waals surface area contributed by atoms with Gasteiger partial charge in [0.25, 0.3) is 5.97 Å². The zero-order chi connectivity index (χ0) is 21.8. The van der Waals surface area contributed by atoms with Crippen LogP contribution in [0.15, 0.2) is 54.6 Å². The first kappa shape index (κ1) is 21.4. The Bertz CT molecular complexity index is 905. The Balaban J connectivity index is 0.000000535. The number of benzene rings is 2. The summed E-state index contributed by atoms with van der Waals surface area (Å²) >= 11 is 0. The van der Waals surface area contributed by atoms with Crippen LogP contribution >= 0.6 is 0 Å². The minimum atomic E-state index is -0.833. The number of carboxylic acids is 1. The number of piperidine rings is 3. The second-order valence-electron chi connectivity index (χ2n) is 8.53. The van der Waals surface area contributed by atoms with Crippen molar-refractivity contribution < 1.29 is 19.4 Å². The third kappa shape index (κ3) is 4.90. The SMILES string of the molecule is CC(=O)O.O=C(O[C@H]1CN2CCC1CC2)N1CCc2ccccc2[C@@H]1c1ccccc1. The van der Waals surface area contributed by atoms with E-state index < -0.39 is 5.97 Å². The van der Waals surface area contributed by atoms with Crippen molar-refractivity contribution in [2.24, 2.45) is 5.92 Å². The quantitative estimate of drug-likeness (QED) is 0.793. The van der Waals surface area contributed by atoms with Gasteiger partial charge in [-0.05, 0) is 55.0 Å². The molecule has 0 saturated carbocycles. The van der Waals surface area contributed by atoms with Crippen LogP contribution < -0.4 is 0 Å². The van der Waals surface area contributed by atoms with Crippen LogP contribution in [-0.2, 0) is 16.0 Å². The number of nitrogens with zero attached hydrogens (tertiary/aromatic N) is 2. The van der Waals surface area contributed by atoms with Crippen LogP contribution in [0.5, 0.6) is 0 Å². The average Bonchev–Trinajstić information content (AvgIpc) is 2.79. The van der Waals surface area contributed by atoms with E-state index >= 15 is 0 Å². The molecule has 4 aliphatic heterocycles. The number of aliphatic carboxylic acids is 1. The Morgan fingerprint density at radius 3 is 2.26 bits per heavy atom. The Kier molecular flexibility index (Phi) is 6.56. The van der Waals surface area contributed by atoms with Crippen molar-refractivity contribution in [1.29, 1.82) is 0 Å². The molecule has 4 aliphatic rings. The zero-order valence-electron chi connectivity index (χ0n) is 17.9. The highest BCUT2D eigenvalue weighted by Gasteiger charge is 2.39. The molecule has 2 bridgehead atoms. The maximum absolute atomic E-state index is 13.2. The molecule has 164 valence electrons. The van der Waals surface area contributed by atoms with E-state index in [-0.39, 0.29) is 18.2 Å². The van der Waals surface area contributed by atoms with Crippen LogP contribution in [0.4, 0.5) is 4.79 Å². The number of carboxylic acid groups (broad SMARTS) is 1. The van der Waals surface area contributed by atoms with Gasteiger partial charge in [0.15, 0.2) is 0 Å². The van der Waals surface area contributed by atoms with Gasteiger partial charge in [-0.15, -0.1) is 0 Å². The first-order chi connectivity index (χ1) is 15.0. The van der Waals surface area contributed by atoms with E-state index in [1.807, 2.05) is 23.1 Å². The van der Waals surface area contributed by atoms with Crippen molar-refractivity contribution in [1.82, 2.24) is 9.80 Å². The number of amides is 1. The predicted molar refractivity (Wildman–Crippen MR) is 118 cm³/mol. The molecule has 0 spiro atoms. The van der Waals surface area contributed by atoms with Gasteiger partial charge in [-0.2, -0.15) is 0 Å². The smallest absolute Gasteiger partial charge is 0.410 e. The van der Waals surface area contributed by atoms with Crippen LogP contribution in [-0.4, -0.2) is 59.3 Å². The zero-order valence-corrected chi connectivity index (χ0v) is 17.9. The van der Waals surface area contributed by atoms with Crippen LogP contribution in [0.2, 0.25) is 0 Å². The number of fused-ring (bicyclic) bond motifs is 4. The summed E-state index contributed by atoms with van der Waals surface area (Å²) in [5, 5.41) is 7.42. The van der Waals surface area contributed by atoms with E-state index in [9.17, 15) is 4.79 Å². The maximum atomic E-state index is 13.2. The highest BCUT2D eigenvalue weighted by molar-refractivity contribution is 5.70. The highest BCUT2D eigenvalue weighted by Crippen LogP contribution is 2.36. The topological polar surface area (TPSA) is 70.1 Å². The van der Waals surface area contributed by atoms with E-state index in [1.54, 1.807) is 0 Å². The lowest BCUT2D eigenvalue weighted by Crippen LogP contribution is -2.53. The number of ether oxygens (including phenoxy) is 1. The van der Waals surface area contributed by atoms with Crippen molar-refractivity contribution in [2.75, 3.05) is 26.2 Å². The molecule has 0 unspecified atom stereocenters. The fourth-order valence-electron chi connectivity index (χ4n) is 5.00. The Morgan fingerprint density at radius 2 is 1.61 bits per heavy atom. The monoisotopic (exact) mass is 422 g/mol. The van der Waals surface area contributed by atoms with Crippen molar-refractivity contribution in [3.63, 3.8) is 0 Å². The lowest BCUT2D eigenvalue weighted by Gasteiger charge is -2.45.